The molecule has 0 saturated heterocycles. The SMILES string of the molecule is C/C(=N/NC(=O)CSCc1c(Cl)cccc1Cl)c1ccccc1O. The van der Waals surface area contributed by atoms with Crippen molar-refractivity contribution in [2.45, 2.75) is 12.7 Å². The lowest BCUT2D eigenvalue weighted by molar-refractivity contribution is -0.118. The topological polar surface area (TPSA) is 61.7 Å². The number of hydrogen-bond acceptors (Lipinski definition) is 4. The summed E-state index contributed by atoms with van der Waals surface area (Å²) in [7, 11) is 0. The number of aromatic hydroxyl groups is 1. The summed E-state index contributed by atoms with van der Waals surface area (Å²) >= 11 is 13.6. The maximum atomic E-state index is 11.9. The minimum Gasteiger partial charge on any atom is -0.507 e. The summed E-state index contributed by atoms with van der Waals surface area (Å²) in [5.74, 6) is 0.640. The van der Waals surface area contributed by atoms with E-state index in [9.17, 15) is 9.90 Å². The van der Waals surface area contributed by atoms with Crippen LogP contribution in [0.25, 0.3) is 0 Å². The van der Waals surface area contributed by atoms with Gasteiger partial charge in [-0.25, -0.2) is 5.43 Å². The van der Waals surface area contributed by atoms with Crippen LogP contribution in [0.4, 0.5) is 0 Å². The molecule has 24 heavy (non-hydrogen) atoms. The number of carbonyl (C=O) groups excluding carboxylic acids is 1. The third-order valence-electron chi connectivity index (χ3n) is 3.18. The van der Waals surface area contributed by atoms with Crippen molar-refractivity contribution in [2.75, 3.05) is 5.75 Å². The molecule has 1 amide bonds. The Morgan fingerprint density at radius 2 is 1.83 bits per heavy atom. The molecule has 126 valence electrons. The van der Waals surface area contributed by atoms with Crippen molar-refractivity contribution in [1.29, 1.82) is 0 Å². The molecule has 7 heteroatoms. The lowest BCUT2D eigenvalue weighted by atomic mass is 10.1. The van der Waals surface area contributed by atoms with Crippen LogP contribution < -0.4 is 5.43 Å². The highest BCUT2D eigenvalue weighted by atomic mass is 35.5. The van der Waals surface area contributed by atoms with Crippen molar-refractivity contribution in [3.05, 3.63) is 63.6 Å². The summed E-state index contributed by atoms with van der Waals surface area (Å²) in [6.45, 7) is 1.71. The largest absolute Gasteiger partial charge is 0.507 e. The lowest BCUT2D eigenvalue weighted by Gasteiger charge is -2.07. The Bertz CT molecular complexity index is 746. The molecule has 2 aromatic carbocycles. The van der Waals surface area contributed by atoms with Crippen molar-refractivity contribution < 1.29 is 9.90 Å². The normalized spacial score (nSPS) is 11.4. The molecule has 0 aliphatic carbocycles. The van der Waals surface area contributed by atoms with E-state index in [0.29, 0.717) is 27.1 Å². The maximum Gasteiger partial charge on any atom is 0.250 e. The monoisotopic (exact) mass is 382 g/mol. The summed E-state index contributed by atoms with van der Waals surface area (Å²) in [5, 5.41) is 14.9. The first-order valence-electron chi connectivity index (χ1n) is 7.11. The molecule has 0 saturated carbocycles. The lowest BCUT2D eigenvalue weighted by Crippen LogP contribution is -2.21. The Kier molecular flexibility index (Phi) is 6.97. The molecule has 0 radical (unpaired) electrons. The second-order valence-corrected chi connectivity index (χ2v) is 6.74. The Morgan fingerprint density at radius 1 is 1.17 bits per heavy atom. The highest BCUT2D eigenvalue weighted by molar-refractivity contribution is 7.99. The zero-order chi connectivity index (χ0) is 17.5. The molecule has 0 unspecified atom stereocenters. The van der Waals surface area contributed by atoms with Gasteiger partial charge in [-0.1, -0.05) is 41.4 Å². The molecule has 4 nitrogen and oxygen atoms in total. The number of nitrogens with one attached hydrogen (secondary N) is 1. The molecular weight excluding hydrogens is 367 g/mol. The number of amides is 1. The fourth-order valence-corrected chi connectivity index (χ4v) is 3.49. The second-order valence-electron chi connectivity index (χ2n) is 4.94. The first-order valence-corrected chi connectivity index (χ1v) is 9.02. The number of para-hydroxylation sites is 1. The van der Waals surface area contributed by atoms with E-state index >= 15 is 0 Å². The number of phenols is 1. The predicted octanol–water partition coefficient (Wildman–Crippen LogP) is 4.47. The second kappa shape index (κ2) is 8.97. The summed E-state index contributed by atoms with van der Waals surface area (Å²) in [5.41, 5.74) is 4.39. The first-order chi connectivity index (χ1) is 11.5. The molecule has 0 heterocycles. The fraction of sp³-hybridized carbons (Fsp3) is 0.176. The van der Waals surface area contributed by atoms with Crippen molar-refractivity contribution in [1.82, 2.24) is 5.43 Å². The number of nitrogens with zero attached hydrogens (tertiary/aromatic N) is 1. The van der Waals surface area contributed by atoms with Crippen LogP contribution in [0.5, 0.6) is 5.75 Å². The van der Waals surface area contributed by atoms with Gasteiger partial charge in [0.25, 0.3) is 0 Å². The van der Waals surface area contributed by atoms with Crippen LogP contribution in [-0.2, 0) is 10.5 Å². The molecule has 0 aliphatic heterocycles. The highest BCUT2D eigenvalue weighted by Gasteiger charge is 2.08. The Hall–Kier alpha value is -1.69. The standard InChI is InChI=1S/C17H16Cl2N2O2S/c1-11(12-5-2-3-8-16(12)22)20-21-17(23)10-24-9-13-14(18)6-4-7-15(13)19/h2-8,22H,9-10H2,1H3,(H,21,23)/b20-11-. The minimum absolute atomic E-state index is 0.121. The Morgan fingerprint density at radius 3 is 2.50 bits per heavy atom. The number of thioether (sulfide) groups is 1. The molecule has 0 spiro atoms. The van der Waals surface area contributed by atoms with E-state index in [1.54, 1.807) is 49.4 Å². The van der Waals surface area contributed by atoms with Gasteiger partial charge in [-0.15, -0.1) is 11.8 Å². The van der Waals surface area contributed by atoms with Gasteiger partial charge in [0.2, 0.25) is 5.91 Å². The summed E-state index contributed by atoms with van der Waals surface area (Å²) in [6.07, 6.45) is 0. The smallest absolute Gasteiger partial charge is 0.250 e. The van der Waals surface area contributed by atoms with Crippen LogP contribution in [0, 0.1) is 0 Å². The van der Waals surface area contributed by atoms with E-state index in [1.807, 2.05) is 0 Å². The van der Waals surface area contributed by atoms with Gasteiger partial charge in [-0.2, -0.15) is 5.10 Å². The van der Waals surface area contributed by atoms with E-state index in [2.05, 4.69) is 10.5 Å². The van der Waals surface area contributed by atoms with E-state index < -0.39 is 0 Å². The van der Waals surface area contributed by atoms with Crippen molar-refractivity contribution >= 4 is 46.6 Å². The molecule has 0 aromatic heterocycles. The zero-order valence-corrected chi connectivity index (χ0v) is 15.3. The van der Waals surface area contributed by atoms with E-state index in [1.165, 1.54) is 11.8 Å². The number of phenolic OH excluding ortho intramolecular Hbond substituents is 1. The quantitative estimate of drug-likeness (QED) is 0.572. The van der Waals surface area contributed by atoms with Crippen molar-refractivity contribution in [3.63, 3.8) is 0 Å². The van der Waals surface area contributed by atoms with E-state index in [4.69, 9.17) is 23.2 Å². The van der Waals surface area contributed by atoms with Gasteiger partial charge in [0, 0.05) is 21.4 Å². The predicted molar refractivity (Wildman–Crippen MR) is 101 cm³/mol. The van der Waals surface area contributed by atoms with Gasteiger partial charge in [0.15, 0.2) is 0 Å². The van der Waals surface area contributed by atoms with Crippen LogP contribution >= 0.6 is 35.0 Å². The van der Waals surface area contributed by atoms with Gasteiger partial charge in [-0.05, 0) is 36.8 Å². The molecule has 2 N–H and O–H groups in total. The maximum absolute atomic E-state index is 11.9. The minimum atomic E-state index is -0.238. The first kappa shape index (κ1) is 18.6. The third kappa shape index (κ3) is 5.16. The van der Waals surface area contributed by atoms with Gasteiger partial charge in [-0.3, -0.25) is 4.79 Å². The van der Waals surface area contributed by atoms with Crippen LogP contribution in [0.3, 0.4) is 0 Å². The van der Waals surface area contributed by atoms with Crippen LogP contribution in [0.15, 0.2) is 47.6 Å². The van der Waals surface area contributed by atoms with Crippen LogP contribution in [0.2, 0.25) is 10.0 Å². The van der Waals surface area contributed by atoms with Gasteiger partial charge in [0.05, 0.1) is 11.5 Å². The average molecular weight is 383 g/mol. The number of carbonyl (C=O) groups is 1. The third-order valence-corrected chi connectivity index (χ3v) is 4.85. The Balaban J connectivity index is 1.86. The molecule has 0 fully saturated rings. The highest BCUT2D eigenvalue weighted by Crippen LogP contribution is 2.28. The van der Waals surface area contributed by atoms with Gasteiger partial charge < -0.3 is 5.11 Å². The summed E-state index contributed by atoms with van der Waals surface area (Å²) in [4.78, 5) is 11.9. The Labute approximate surface area is 154 Å². The number of benzene rings is 2. The van der Waals surface area contributed by atoms with E-state index in [0.717, 1.165) is 5.56 Å². The molecule has 2 aromatic rings. The number of halogens is 2. The average Bonchev–Trinajstić information content (AvgIpc) is 2.56. The zero-order valence-electron chi connectivity index (χ0n) is 12.9. The van der Waals surface area contributed by atoms with Gasteiger partial charge in [0.1, 0.15) is 5.75 Å². The van der Waals surface area contributed by atoms with Crippen LogP contribution in [0.1, 0.15) is 18.1 Å². The van der Waals surface area contributed by atoms with Crippen molar-refractivity contribution in [3.8, 4) is 5.75 Å². The number of rotatable bonds is 6. The number of hydrazone groups is 1. The van der Waals surface area contributed by atoms with Crippen LogP contribution in [-0.4, -0.2) is 22.5 Å². The van der Waals surface area contributed by atoms with Gasteiger partial charge >= 0.3 is 0 Å². The summed E-state index contributed by atoms with van der Waals surface area (Å²) < 4.78 is 0. The molecule has 0 aliphatic rings. The molecular formula is C17H16Cl2N2O2S. The number of hydrogen-bond donors (Lipinski definition) is 2. The molecule has 0 atom stereocenters. The molecule has 2 rings (SSSR count). The van der Waals surface area contributed by atoms with Crippen molar-refractivity contribution in [2.24, 2.45) is 5.10 Å². The van der Waals surface area contributed by atoms with E-state index in [-0.39, 0.29) is 17.4 Å². The fourth-order valence-electron chi connectivity index (χ4n) is 1.93. The molecule has 0 bridgehead atoms. The summed E-state index contributed by atoms with van der Waals surface area (Å²) in [6, 6.07) is 12.1.